The van der Waals surface area contributed by atoms with Crippen molar-refractivity contribution in [1.29, 1.82) is 0 Å². The molecule has 1 N–H and O–H groups in total. The number of pyridine rings is 1. The van der Waals surface area contributed by atoms with Crippen molar-refractivity contribution in [3.05, 3.63) is 89.3 Å². The molecular formula is C31H34N2O6. The number of nitrogens with zero attached hydrogens (tertiary/aromatic N) is 2. The highest BCUT2D eigenvalue weighted by Crippen LogP contribution is 2.43. The first-order valence-corrected chi connectivity index (χ1v) is 13.0. The molecule has 204 valence electrons. The monoisotopic (exact) mass is 530 g/mol. The van der Waals surface area contributed by atoms with Gasteiger partial charge in [-0.25, -0.2) is 0 Å². The van der Waals surface area contributed by atoms with Crippen LogP contribution in [0.25, 0.3) is 5.76 Å². The molecule has 0 spiro atoms. The largest absolute Gasteiger partial charge is 0.507 e. The number of Topliss-reactive ketones (excluding diaryl/α,β-unsaturated/α-hetero) is 1. The average Bonchev–Trinajstić information content (AvgIpc) is 3.18. The Bertz CT molecular complexity index is 1350. The van der Waals surface area contributed by atoms with Crippen LogP contribution in [0.15, 0.2) is 72.6 Å². The predicted octanol–water partition coefficient (Wildman–Crippen LogP) is 5.54. The highest BCUT2D eigenvalue weighted by molar-refractivity contribution is 6.46. The van der Waals surface area contributed by atoms with Crippen LogP contribution in [-0.4, -0.2) is 47.0 Å². The minimum Gasteiger partial charge on any atom is -0.507 e. The lowest BCUT2D eigenvalue weighted by Crippen LogP contribution is -2.29. The van der Waals surface area contributed by atoms with Gasteiger partial charge in [-0.3, -0.25) is 14.6 Å². The number of hydrogen-bond acceptors (Lipinski definition) is 7. The van der Waals surface area contributed by atoms with Gasteiger partial charge in [0.2, 0.25) is 0 Å². The zero-order valence-corrected chi connectivity index (χ0v) is 22.7. The number of rotatable bonds is 11. The maximum absolute atomic E-state index is 13.4. The molecule has 0 saturated carbocycles. The van der Waals surface area contributed by atoms with Crippen molar-refractivity contribution in [3.8, 4) is 17.2 Å². The van der Waals surface area contributed by atoms with E-state index in [1.807, 2.05) is 6.92 Å². The topological polar surface area (TPSA) is 98.2 Å². The van der Waals surface area contributed by atoms with Crippen molar-refractivity contribution in [1.82, 2.24) is 9.88 Å². The summed E-state index contributed by atoms with van der Waals surface area (Å²) in [5, 5.41) is 11.4. The van der Waals surface area contributed by atoms with Crippen LogP contribution < -0.4 is 14.2 Å². The molecule has 1 fully saturated rings. The van der Waals surface area contributed by atoms with Crippen LogP contribution in [0.3, 0.4) is 0 Å². The fraction of sp³-hybridized carbons (Fsp3) is 0.323. The molecule has 1 aromatic heterocycles. The van der Waals surface area contributed by atoms with Gasteiger partial charge >= 0.3 is 0 Å². The second-order valence-electron chi connectivity index (χ2n) is 9.68. The van der Waals surface area contributed by atoms with Crippen molar-refractivity contribution in [2.75, 3.05) is 20.3 Å². The minimum absolute atomic E-state index is 0.00164. The van der Waals surface area contributed by atoms with E-state index < -0.39 is 17.7 Å². The lowest BCUT2D eigenvalue weighted by atomic mass is 9.94. The smallest absolute Gasteiger partial charge is 0.295 e. The third-order valence-electron chi connectivity index (χ3n) is 6.52. The van der Waals surface area contributed by atoms with E-state index in [0.717, 1.165) is 12.0 Å². The van der Waals surface area contributed by atoms with Gasteiger partial charge in [0.1, 0.15) is 11.5 Å². The number of ether oxygens (including phenoxy) is 3. The van der Waals surface area contributed by atoms with E-state index in [4.69, 9.17) is 14.2 Å². The second-order valence-corrected chi connectivity index (χ2v) is 9.68. The van der Waals surface area contributed by atoms with Crippen LogP contribution in [0.1, 0.15) is 49.9 Å². The highest BCUT2D eigenvalue weighted by atomic mass is 16.5. The summed E-state index contributed by atoms with van der Waals surface area (Å²) in [6.45, 7) is 7.25. The zero-order valence-electron chi connectivity index (χ0n) is 22.7. The second kappa shape index (κ2) is 12.5. The minimum atomic E-state index is -0.854. The molecule has 1 atom stereocenters. The molecule has 1 aliphatic heterocycles. The summed E-state index contributed by atoms with van der Waals surface area (Å²) in [4.78, 5) is 32.3. The van der Waals surface area contributed by atoms with E-state index in [9.17, 15) is 14.7 Å². The lowest BCUT2D eigenvalue weighted by molar-refractivity contribution is -0.140. The van der Waals surface area contributed by atoms with Gasteiger partial charge in [-0.2, -0.15) is 0 Å². The van der Waals surface area contributed by atoms with Gasteiger partial charge in [-0.15, -0.1) is 0 Å². The van der Waals surface area contributed by atoms with Gasteiger partial charge in [-0.1, -0.05) is 32.0 Å². The third kappa shape index (κ3) is 6.22. The highest BCUT2D eigenvalue weighted by Gasteiger charge is 2.46. The number of benzene rings is 2. The Labute approximate surface area is 228 Å². The van der Waals surface area contributed by atoms with Gasteiger partial charge in [-0.05, 0) is 66.8 Å². The molecule has 1 amide bonds. The van der Waals surface area contributed by atoms with Crippen molar-refractivity contribution in [2.45, 2.75) is 39.8 Å². The summed E-state index contributed by atoms with van der Waals surface area (Å²) in [6, 6.07) is 14.9. The number of aliphatic hydroxyl groups is 1. The van der Waals surface area contributed by atoms with Crippen LogP contribution in [0, 0.1) is 5.92 Å². The fourth-order valence-electron chi connectivity index (χ4n) is 4.51. The number of aliphatic hydroxyl groups excluding tert-OH is 1. The molecule has 39 heavy (non-hydrogen) atoms. The van der Waals surface area contributed by atoms with Crippen LogP contribution in [0.5, 0.6) is 17.2 Å². The van der Waals surface area contributed by atoms with Crippen LogP contribution >= 0.6 is 0 Å². The molecular weight excluding hydrogens is 496 g/mol. The third-order valence-corrected chi connectivity index (χ3v) is 6.52. The summed E-state index contributed by atoms with van der Waals surface area (Å²) in [5.74, 6) is 0.355. The van der Waals surface area contributed by atoms with E-state index in [0.29, 0.717) is 47.5 Å². The Hall–Kier alpha value is -4.33. The van der Waals surface area contributed by atoms with Crippen molar-refractivity contribution in [3.63, 3.8) is 0 Å². The summed E-state index contributed by atoms with van der Waals surface area (Å²) >= 11 is 0. The molecule has 1 unspecified atom stereocenters. The van der Waals surface area contributed by atoms with E-state index in [1.165, 1.54) is 4.90 Å². The van der Waals surface area contributed by atoms with Gasteiger partial charge in [0.05, 0.1) is 31.9 Å². The van der Waals surface area contributed by atoms with Gasteiger partial charge in [0.15, 0.2) is 11.5 Å². The first kappa shape index (κ1) is 27.7. The first-order valence-electron chi connectivity index (χ1n) is 13.0. The van der Waals surface area contributed by atoms with E-state index >= 15 is 0 Å². The Morgan fingerprint density at radius 3 is 2.49 bits per heavy atom. The molecule has 0 bridgehead atoms. The normalized spacial score (nSPS) is 16.5. The van der Waals surface area contributed by atoms with Crippen LogP contribution in [0.4, 0.5) is 0 Å². The molecule has 3 aromatic rings. The lowest BCUT2D eigenvalue weighted by Gasteiger charge is -2.26. The van der Waals surface area contributed by atoms with E-state index in [2.05, 4.69) is 18.8 Å². The van der Waals surface area contributed by atoms with Gasteiger partial charge < -0.3 is 24.2 Å². The van der Waals surface area contributed by atoms with Crippen LogP contribution in [-0.2, 0) is 16.1 Å². The molecule has 0 aliphatic carbocycles. The quantitative estimate of drug-likeness (QED) is 0.198. The maximum Gasteiger partial charge on any atom is 0.295 e. The number of ketones is 1. The number of carbonyl (C=O) groups is 2. The van der Waals surface area contributed by atoms with Crippen molar-refractivity contribution < 1.29 is 28.9 Å². The van der Waals surface area contributed by atoms with E-state index in [1.54, 1.807) is 74.1 Å². The summed E-state index contributed by atoms with van der Waals surface area (Å²) < 4.78 is 17.1. The molecule has 1 saturated heterocycles. The van der Waals surface area contributed by atoms with Gasteiger partial charge in [0, 0.05) is 24.5 Å². The van der Waals surface area contributed by atoms with Crippen molar-refractivity contribution in [2.24, 2.45) is 5.92 Å². The molecule has 0 radical (unpaired) electrons. The molecule has 1 aliphatic rings. The Morgan fingerprint density at radius 2 is 1.79 bits per heavy atom. The molecule has 2 heterocycles. The number of likely N-dealkylation sites (tertiary alicyclic amines) is 1. The number of methoxy groups -OCH3 is 1. The predicted molar refractivity (Wildman–Crippen MR) is 148 cm³/mol. The first-order chi connectivity index (χ1) is 18.8. The number of aromatic nitrogens is 1. The number of hydrogen-bond donors (Lipinski definition) is 1. The van der Waals surface area contributed by atoms with Crippen molar-refractivity contribution >= 4 is 17.4 Å². The molecule has 8 nitrogen and oxygen atoms in total. The molecule has 2 aromatic carbocycles. The molecule has 4 rings (SSSR count). The standard InChI is InChI=1S/C31H34N2O6/c1-5-38-24-8-6-7-23(17-24)29(34)27-28(33(31(36)30(27)35)19-21-11-14-32-15-12-21)22-9-10-25(26(18-22)37-4)39-16-13-20(2)3/h6-12,14-15,17-18,20,28,34H,5,13,16,19H2,1-4H3/b29-27+. The van der Waals surface area contributed by atoms with Gasteiger partial charge in [0.25, 0.3) is 11.7 Å². The van der Waals surface area contributed by atoms with E-state index in [-0.39, 0.29) is 17.9 Å². The van der Waals surface area contributed by atoms with Crippen LogP contribution in [0.2, 0.25) is 0 Å². The Morgan fingerprint density at radius 1 is 1.03 bits per heavy atom. The summed E-state index contributed by atoms with van der Waals surface area (Å²) in [7, 11) is 1.54. The summed E-state index contributed by atoms with van der Waals surface area (Å²) in [6.07, 6.45) is 4.15. The Balaban J connectivity index is 1.81. The number of carbonyl (C=O) groups excluding carboxylic acids is 2. The average molecular weight is 531 g/mol. The molecule has 8 heteroatoms. The maximum atomic E-state index is 13.4. The SMILES string of the molecule is CCOc1cccc(/C(O)=C2\C(=O)C(=O)N(Cc3ccncc3)C2c2ccc(OCCC(C)C)c(OC)c2)c1. The summed E-state index contributed by atoms with van der Waals surface area (Å²) in [5.41, 5.74) is 1.79. The Kier molecular flexibility index (Phi) is 8.86. The zero-order chi connectivity index (χ0) is 27.9. The number of amides is 1. The fourth-order valence-corrected chi connectivity index (χ4v) is 4.51.